The van der Waals surface area contributed by atoms with Crippen molar-refractivity contribution >= 4 is 17.6 Å². The summed E-state index contributed by atoms with van der Waals surface area (Å²) in [5.74, 6) is 0.948. The van der Waals surface area contributed by atoms with Crippen molar-refractivity contribution in [3.05, 3.63) is 34.5 Å². The fourth-order valence-corrected chi connectivity index (χ4v) is 4.25. The van der Waals surface area contributed by atoms with Crippen LogP contribution in [-0.4, -0.2) is 47.6 Å². The number of alkyl halides is 3. The number of anilines is 2. The van der Waals surface area contributed by atoms with Crippen molar-refractivity contribution in [3.8, 4) is 5.75 Å². The van der Waals surface area contributed by atoms with E-state index in [9.17, 15) is 18.0 Å². The van der Waals surface area contributed by atoms with Crippen LogP contribution in [0.1, 0.15) is 42.3 Å². The molecule has 4 rings (SSSR count). The average Bonchev–Trinajstić information content (AvgIpc) is 3.10. The van der Waals surface area contributed by atoms with Gasteiger partial charge in [0, 0.05) is 30.3 Å². The Labute approximate surface area is 178 Å². The van der Waals surface area contributed by atoms with Gasteiger partial charge in [-0.2, -0.15) is 18.3 Å². The monoisotopic (exact) mass is 438 g/mol. The van der Waals surface area contributed by atoms with Crippen molar-refractivity contribution in [3.63, 3.8) is 0 Å². The molecule has 10 heteroatoms. The van der Waals surface area contributed by atoms with Gasteiger partial charge in [0.2, 0.25) is 0 Å². The number of benzene rings is 1. The highest BCUT2D eigenvalue weighted by Crippen LogP contribution is 2.44. The fourth-order valence-electron chi connectivity index (χ4n) is 4.25. The Morgan fingerprint density at radius 3 is 2.65 bits per heavy atom. The number of nitrogens with zero attached hydrogens (tertiary/aromatic N) is 4. The number of halogens is 3. The summed E-state index contributed by atoms with van der Waals surface area (Å²) in [4.78, 5) is 15.5. The third-order valence-corrected chi connectivity index (χ3v) is 5.72. The van der Waals surface area contributed by atoms with Crippen molar-refractivity contribution in [2.45, 2.75) is 46.0 Å². The number of carbonyl (C=O) groups is 1. The Balaban J connectivity index is 1.84. The van der Waals surface area contributed by atoms with E-state index >= 15 is 0 Å². The maximum absolute atomic E-state index is 13.6. The lowest BCUT2D eigenvalue weighted by Gasteiger charge is -2.33. The number of hydrogen-bond donors (Lipinski definition) is 0. The lowest BCUT2D eigenvalue weighted by molar-refractivity contribution is -0.138. The highest BCUT2D eigenvalue weighted by atomic mass is 19.4. The van der Waals surface area contributed by atoms with Gasteiger partial charge in [0.05, 0.1) is 31.5 Å². The van der Waals surface area contributed by atoms with Gasteiger partial charge >= 0.3 is 12.3 Å². The average molecular weight is 438 g/mol. The normalized spacial score (nSPS) is 16.1. The summed E-state index contributed by atoms with van der Waals surface area (Å²) in [6.07, 6.45) is -4.32. The van der Waals surface area contributed by atoms with Crippen LogP contribution < -0.4 is 9.64 Å². The number of rotatable bonds is 2. The fraction of sp³-hybridized carbons (Fsp3) is 0.524. The minimum absolute atomic E-state index is 0.0661. The van der Waals surface area contributed by atoms with Crippen LogP contribution in [0.2, 0.25) is 0 Å². The van der Waals surface area contributed by atoms with E-state index in [1.165, 1.54) is 20.1 Å². The molecular weight excluding hydrogens is 413 g/mol. The van der Waals surface area contributed by atoms with E-state index in [0.717, 1.165) is 17.3 Å². The molecule has 0 aliphatic carbocycles. The van der Waals surface area contributed by atoms with Gasteiger partial charge in [0.15, 0.2) is 5.82 Å². The van der Waals surface area contributed by atoms with E-state index in [4.69, 9.17) is 14.6 Å². The van der Waals surface area contributed by atoms with Crippen molar-refractivity contribution in [1.29, 1.82) is 0 Å². The molecule has 0 saturated carbocycles. The molecule has 0 atom stereocenters. The number of amides is 1. The molecule has 0 fully saturated rings. The number of carbonyl (C=O) groups excluding carboxylic acids is 1. The molecular formula is C21H25F3N4O3. The summed E-state index contributed by atoms with van der Waals surface area (Å²) >= 11 is 0. The smallest absolute Gasteiger partial charge is 0.416 e. The quantitative estimate of drug-likeness (QED) is 0.694. The topological polar surface area (TPSA) is 59.8 Å². The second-order valence-corrected chi connectivity index (χ2v) is 8.06. The van der Waals surface area contributed by atoms with Crippen LogP contribution in [0.25, 0.3) is 0 Å². The first-order valence-corrected chi connectivity index (χ1v) is 10.2. The first-order chi connectivity index (χ1) is 14.6. The maximum Gasteiger partial charge on any atom is 0.416 e. The van der Waals surface area contributed by atoms with E-state index < -0.39 is 17.8 Å². The van der Waals surface area contributed by atoms with Gasteiger partial charge in [0.25, 0.3) is 0 Å². The molecule has 0 N–H and O–H groups in total. The molecule has 168 valence electrons. The summed E-state index contributed by atoms with van der Waals surface area (Å²) in [6.45, 7) is 6.89. The molecule has 3 heterocycles. The van der Waals surface area contributed by atoms with Crippen LogP contribution in [0.15, 0.2) is 12.1 Å². The summed E-state index contributed by atoms with van der Waals surface area (Å²) in [5.41, 5.74) is 1.55. The highest BCUT2D eigenvalue weighted by Gasteiger charge is 2.37. The van der Waals surface area contributed by atoms with Crippen molar-refractivity contribution in [2.75, 3.05) is 31.7 Å². The minimum Gasteiger partial charge on any atom is -0.490 e. The van der Waals surface area contributed by atoms with Crippen LogP contribution in [0.3, 0.4) is 0 Å². The Hall–Kier alpha value is -2.91. The zero-order valence-corrected chi connectivity index (χ0v) is 17.9. The van der Waals surface area contributed by atoms with E-state index in [-0.39, 0.29) is 18.2 Å². The molecule has 2 aliphatic rings. The lowest BCUT2D eigenvalue weighted by Crippen LogP contribution is -2.37. The Morgan fingerprint density at radius 1 is 1.26 bits per heavy atom. The third-order valence-electron chi connectivity index (χ3n) is 5.72. The SMILES string of the molecule is COC(=O)N1CCc2c(c(N3CCOc4cc(C)c(C(F)(F)F)cc43)nn2C(C)C)C1. The number of ether oxygens (including phenoxy) is 2. The van der Waals surface area contributed by atoms with Crippen LogP contribution in [0.4, 0.5) is 29.5 Å². The number of hydrogen-bond acceptors (Lipinski definition) is 5. The van der Waals surface area contributed by atoms with Crippen molar-refractivity contribution in [1.82, 2.24) is 14.7 Å². The van der Waals surface area contributed by atoms with Crippen LogP contribution >= 0.6 is 0 Å². The molecule has 1 amide bonds. The van der Waals surface area contributed by atoms with Gasteiger partial charge in [-0.15, -0.1) is 0 Å². The summed E-state index contributed by atoms with van der Waals surface area (Å²) in [5, 5.41) is 4.77. The first-order valence-electron chi connectivity index (χ1n) is 10.2. The summed E-state index contributed by atoms with van der Waals surface area (Å²) in [7, 11) is 1.33. The standard InChI is InChI=1S/C21H25F3N4O3/c1-12(2)28-16-5-6-26(20(29)30-4)11-14(16)19(25-28)27-7-8-31-18-9-13(3)15(10-17(18)27)21(22,23)24/h9-10,12H,5-8,11H2,1-4H3. The predicted molar refractivity (Wildman–Crippen MR) is 108 cm³/mol. The molecule has 0 spiro atoms. The zero-order chi connectivity index (χ0) is 22.5. The van der Waals surface area contributed by atoms with E-state index in [1.54, 1.807) is 9.80 Å². The number of aryl methyl sites for hydroxylation is 1. The highest BCUT2D eigenvalue weighted by molar-refractivity contribution is 5.74. The van der Waals surface area contributed by atoms with Gasteiger partial charge in [-0.3, -0.25) is 4.68 Å². The Bertz CT molecular complexity index is 1020. The number of methoxy groups -OCH3 is 1. The first kappa shape index (κ1) is 21.3. The molecule has 2 aliphatic heterocycles. The molecule has 0 bridgehead atoms. The molecule has 1 aromatic heterocycles. The maximum atomic E-state index is 13.6. The zero-order valence-electron chi connectivity index (χ0n) is 17.9. The molecule has 1 aromatic carbocycles. The Kier molecular flexibility index (Phi) is 5.26. The van der Waals surface area contributed by atoms with Gasteiger partial charge in [-0.25, -0.2) is 4.79 Å². The lowest BCUT2D eigenvalue weighted by atomic mass is 10.0. The van der Waals surface area contributed by atoms with Crippen LogP contribution in [0.5, 0.6) is 5.75 Å². The van der Waals surface area contributed by atoms with Gasteiger partial charge in [-0.1, -0.05) is 0 Å². The molecule has 0 saturated heterocycles. The third kappa shape index (κ3) is 3.68. The largest absolute Gasteiger partial charge is 0.490 e. The summed E-state index contributed by atoms with van der Waals surface area (Å²) < 4.78 is 53.2. The minimum atomic E-state index is -4.47. The second-order valence-electron chi connectivity index (χ2n) is 8.06. The molecule has 31 heavy (non-hydrogen) atoms. The van der Waals surface area contributed by atoms with Crippen molar-refractivity contribution < 1.29 is 27.4 Å². The Morgan fingerprint density at radius 2 is 2.00 bits per heavy atom. The molecule has 2 aromatic rings. The predicted octanol–water partition coefficient (Wildman–Crippen LogP) is 4.45. The van der Waals surface area contributed by atoms with Gasteiger partial charge in [0.1, 0.15) is 12.4 Å². The van der Waals surface area contributed by atoms with Crippen LogP contribution in [0, 0.1) is 6.92 Å². The number of fused-ring (bicyclic) bond motifs is 2. The second kappa shape index (κ2) is 7.65. The van der Waals surface area contributed by atoms with Gasteiger partial charge < -0.3 is 19.3 Å². The van der Waals surface area contributed by atoms with Crippen LogP contribution in [-0.2, 0) is 23.9 Å². The molecule has 0 unspecified atom stereocenters. The van der Waals surface area contributed by atoms with Crippen molar-refractivity contribution in [2.24, 2.45) is 0 Å². The van der Waals surface area contributed by atoms with Gasteiger partial charge in [-0.05, 0) is 38.5 Å². The molecule has 0 radical (unpaired) electrons. The van der Waals surface area contributed by atoms with E-state index in [1.807, 2.05) is 18.5 Å². The van der Waals surface area contributed by atoms with E-state index in [2.05, 4.69) is 0 Å². The molecule has 7 nitrogen and oxygen atoms in total. The summed E-state index contributed by atoms with van der Waals surface area (Å²) in [6, 6.07) is 2.62. The van der Waals surface area contributed by atoms with E-state index in [0.29, 0.717) is 43.4 Å². The number of aromatic nitrogens is 2.